The van der Waals surface area contributed by atoms with Gasteiger partial charge in [0.25, 0.3) is 11.7 Å². The number of rotatable bonds is 5. The van der Waals surface area contributed by atoms with E-state index in [1.807, 2.05) is 0 Å². The maximum atomic E-state index is 14.0. The van der Waals surface area contributed by atoms with E-state index in [0.29, 0.717) is 17.9 Å². The van der Waals surface area contributed by atoms with Crippen molar-refractivity contribution in [2.75, 3.05) is 11.5 Å². The number of anilines is 1. The van der Waals surface area contributed by atoms with E-state index in [1.54, 1.807) is 25.1 Å². The van der Waals surface area contributed by atoms with Crippen LogP contribution >= 0.6 is 11.6 Å². The molecule has 4 rings (SSSR count). The molecule has 1 atom stereocenters. The van der Waals surface area contributed by atoms with Crippen molar-refractivity contribution >= 4 is 34.7 Å². The molecule has 2 heterocycles. The molecule has 1 fully saturated rings. The minimum atomic E-state index is -1.18. The van der Waals surface area contributed by atoms with Crippen LogP contribution in [0.15, 0.2) is 66.5 Å². The first kappa shape index (κ1) is 22.4. The van der Waals surface area contributed by atoms with Gasteiger partial charge >= 0.3 is 0 Å². The molecule has 1 saturated heterocycles. The zero-order valence-corrected chi connectivity index (χ0v) is 18.0. The molecule has 33 heavy (non-hydrogen) atoms. The van der Waals surface area contributed by atoms with E-state index in [-0.39, 0.29) is 21.8 Å². The number of benzene rings is 2. The van der Waals surface area contributed by atoms with Crippen LogP contribution in [0.5, 0.6) is 5.75 Å². The number of hydrogen-bond acceptors (Lipinski definition) is 5. The summed E-state index contributed by atoms with van der Waals surface area (Å²) in [6.07, 6.45) is 2.90. The molecule has 2 aromatic carbocycles. The smallest absolute Gasteiger partial charge is 0.300 e. The van der Waals surface area contributed by atoms with E-state index in [0.717, 1.165) is 17.0 Å². The number of pyridine rings is 1. The third-order valence-electron chi connectivity index (χ3n) is 5.15. The number of amides is 1. The Morgan fingerprint density at radius 1 is 1.09 bits per heavy atom. The van der Waals surface area contributed by atoms with Gasteiger partial charge in [-0.15, -0.1) is 0 Å². The molecule has 3 aromatic rings. The number of Topliss-reactive ketones (excluding diaryl/α,β-unsaturated/α-hetero) is 1. The van der Waals surface area contributed by atoms with Crippen LogP contribution in [0.1, 0.15) is 24.1 Å². The molecule has 0 bridgehead atoms. The number of aromatic nitrogens is 1. The number of nitrogens with zero attached hydrogens (tertiary/aromatic N) is 2. The minimum Gasteiger partial charge on any atom is -0.507 e. The molecule has 0 saturated carbocycles. The van der Waals surface area contributed by atoms with Gasteiger partial charge in [0.1, 0.15) is 11.5 Å². The van der Waals surface area contributed by atoms with Gasteiger partial charge in [-0.2, -0.15) is 0 Å². The molecule has 9 heteroatoms. The van der Waals surface area contributed by atoms with E-state index in [4.69, 9.17) is 16.3 Å². The lowest BCUT2D eigenvalue weighted by atomic mass is 9.95. The standard InChI is InChI=1S/C24H17ClF2N2O4/c1-2-33-15-4-5-17(25)16(12-15)22(30)20-21(13-7-9-28-10-8-13)29(24(32)23(20)31)14-3-6-18(26)19(27)11-14/h3-12,21,30H,2H2,1H3/b22-20+. The van der Waals surface area contributed by atoms with Crippen LogP contribution in [-0.4, -0.2) is 28.4 Å². The fraction of sp³-hybridized carbons (Fsp3) is 0.125. The molecule has 1 unspecified atom stereocenters. The first-order chi connectivity index (χ1) is 15.8. The molecular formula is C24H17ClF2N2O4. The molecular weight excluding hydrogens is 454 g/mol. The Balaban J connectivity index is 1.95. The zero-order valence-electron chi connectivity index (χ0n) is 17.3. The highest BCUT2D eigenvalue weighted by Crippen LogP contribution is 2.43. The number of halogens is 3. The van der Waals surface area contributed by atoms with Gasteiger partial charge in [-0.25, -0.2) is 8.78 Å². The third-order valence-corrected chi connectivity index (χ3v) is 5.48. The predicted octanol–water partition coefficient (Wildman–Crippen LogP) is 5.04. The fourth-order valence-electron chi connectivity index (χ4n) is 3.68. The van der Waals surface area contributed by atoms with Gasteiger partial charge in [0.15, 0.2) is 11.6 Å². The van der Waals surface area contributed by atoms with Crippen LogP contribution in [0, 0.1) is 11.6 Å². The Labute approximate surface area is 192 Å². The lowest BCUT2D eigenvalue weighted by Crippen LogP contribution is -2.29. The molecule has 1 aliphatic rings. The average molecular weight is 471 g/mol. The second-order valence-electron chi connectivity index (χ2n) is 7.12. The first-order valence-electron chi connectivity index (χ1n) is 9.92. The normalized spacial score (nSPS) is 17.5. The van der Waals surface area contributed by atoms with E-state index < -0.39 is 35.1 Å². The molecule has 1 N–H and O–H groups in total. The summed E-state index contributed by atoms with van der Waals surface area (Å²) in [6.45, 7) is 2.14. The number of aliphatic hydroxyl groups is 1. The maximum Gasteiger partial charge on any atom is 0.300 e. The average Bonchev–Trinajstić information content (AvgIpc) is 3.08. The number of ether oxygens (including phenoxy) is 1. The molecule has 0 aliphatic carbocycles. The van der Waals surface area contributed by atoms with Gasteiger partial charge in [0.05, 0.1) is 23.2 Å². The lowest BCUT2D eigenvalue weighted by Gasteiger charge is -2.25. The zero-order chi connectivity index (χ0) is 23.7. The van der Waals surface area contributed by atoms with Gasteiger partial charge in [-0.05, 0) is 55.0 Å². The molecule has 6 nitrogen and oxygen atoms in total. The van der Waals surface area contributed by atoms with Crippen LogP contribution in [-0.2, 0) is 9.59 Å². The van der Waals surface area contributed by atoms with Gasteiger partial charge in [0, 0.05) is 29.7 Å². The van der Waals surface area contributed by atoms with Crippen LogP contribution in [0.4, 0.5) is 14.5 Å². The summed E-state index contributed by atoms with van der Waals surface area (Å²) in [5, 5.41) is 11.3. The molecule has 0 radical (unpaired) electrons. The summed E-state index contributed by atoms with van der Waals surface area (Å²) in [4.78, 5) is 31.1. The van der Waals surface area contributed by atoms with Gasteiger partial charge in [-0.1, -0.05) is 11.6 Å². The monoisotopic (exact) mass is 470 g/mol. The summed E-state index contributed by atoms with van der Waals surface area (Å²) in [7, 11) is 0. The van der Waals surface area contributed by atoms with E-state index >= 15 is 0 Å². The molecule has 168 valence electrons. The van der Waals surface area contributed by atoms with Crippen molar-refractivity contribution in [2.45, 2.75) is 13.0 Å². The topological polar surface area (TPSA) is 79.7 Å². The Morgan fingerprint density at radius 3 is 2.48 bits per heavy atom. The molecule has 1 amide bonds. The SMILES string of the molecule is CCOc1ccc(Cl)c(/C(O)=C2\C(=O)C(=O)N(c3ccc(F)c(F)c3)C2c2ccncc2)c1. The summed E-state index contributed by atoms with van der Waals surface area (Å²) in [5.41, 5.74) is 0.204. The van der Waals surface area contributed by atoms with Crippen LogP contribution in [0.2, 0.25) is 5.02 Å². The van der Waals surface area contributed by atoms with Crippen LogP contribution in [0.3, 0.4) is 0 Å². The number of carbonyl (C=O) groups is 2. The molecule has 1 aromatic heterocycles. The lowest BCUT2D eigenvalue weighted by molar-refractivity contribution is -0.132. The highest BCUT2D eigenvalue weighted by atomic mass is 35.5. The van der Waals surface area contributed by atoms with Crippen molar-refractivity contribution < 1.29 is 28.2 Å². The van der Waals surface area contributed by atoms with Crippen molar-refractivity contribution in [3.05, 3.63) is 94.3 Å². The molecule has 1 aliphatic heterocycles. The summed E-state index contributed by atoms with van der Waals surface area (Å²) >= 11 is 6.28. The van der Waals surface area contributed by atoms with Gasteiger partial charge in [-0.3, -0.25) is 19.5 Å². The van der Waals surface area contributed by atoms with Crippen LogP contribution < -0.4 is 9.64 Å². The summed E-state index contributed by atoms with van der Waals surface area (Å²) < 4.78 is 32.9. The number of ketones is 1. The predicted molar refractivity (Wildman–Crippen MR) is 118 cm³/mol. The Morgan fingerprint density at radius 2 is 1.82 bits per heavy atom. The van der Waals surface area contributed by atoms with Crippen molar-refractivity contribution in [3.63, 3.8) is 0 Å². The van der Waals surface area contributed by atoms with E-state index in [1.165, 1.54) is 30.6 Å². The summed E-state index contributed by atoms with van der Waals surface area (Å²) in [5.74, 6) is -4.42. The Kier molecular flexibility index (Phi) is 6.11. The van der Waals surface area contributed by atoms with Crippen molar-refractivity contribution in [2.24, 2.45) is 0 Å². The molecule has 0 spiro atoms. The van der Waals surface area contributed by atoms with Crippen molar-refractivity contribution in [1.82, 2.24) is 4.98 Å². The minimum absolute atomic E-state index is 0.0500. The second-order valence-corrected chi connectivity index (χ2v) is 7.53. The van der Waals surface area contributed by atoms with E-state index in [9.17, 15) is 23.5 Å². The van der Waals surface area contributed by atoms with Crippen LogP contribution in [0.25, 0.3) is 5.76 Å². The highest BCUT2D eigenvalue weighted by Gasteiger charge is 2.47. The third kappa shape index (κ3) is 4.05. The Hall–Kier alpha value is -3.78. The maximum absolute atomic E-state index is 14.0. The van der Waals surface area contributed by atoms with Crippen molar-refractivity contribution in [1.29, 1.82) is 0 Å². The number of carbonyl (C=O) groups excluding carboxylic acids is 2. The number of hydrogen-bond donors (Lipinski definition) is 1. The van der Waals surface area contributed by atoms with E-state index in [2.05, 4.69) is 4.98 Å². The highest BCUT2D eigenvalue weighted by molar-refractivity contribution is 6.52. The first-order valence-corrected chi connectivity index (χ1v) is 10.3. The number of aliphatic hydroxyl groups excluding tert-OH is 1. The summed E-state index contributed by atoms with van der Waals surface area (Å²) in [6, 6.07) is 9.37. The Bertz CT molecular complexity index is 1280. The van der Waals surface area contributed by atoms with Gasteiger partial charge in [0.2, 0.25) is 0 Å². The van der Waals surface area contributed by atoms with Gasteiger partial charge < -0.3 is 9.84 Å². The van der Waals surface area contributed by atoms with Crippen molar-refractivity contribution in [3.8, 4) is 5.75 Å². The largest absolute Gasteiger partial charge is 0.507 e. The fourth-order valence-corrected chi connectivity index (χ4v) is 3.89. The second kappa shape index (κ2) is 8.99. The quantitative estimate of drug-likeness (QED) is 0.321.